The predicted molar refractivity (Wildman–Crippen MR) is 101 cm³/mol. The largest absolute Gasteiger partial charge is 0.389 e. The van der Waals surface area contributed by atoms with Crippen LogP contribution in [-0.4, -0.2) is 42.1 Å². The van der Waals surface area contributed by atoms with Gasteiger partial charge in [0.15, 0.2) is 0 Å². The molecule has 1 heterocycles. The molecule has 1 fully saturated rings. The molecular weight excluding hydrogens is 331 g/mol. The Labute approximate surface area is 153 Å². The first-order valence-corrected chi connectivity index (χ1v) is 8.96. The van der Waals surface area contributed by atoms with E-state index < -0.39 is 6.10 Å². The highest BCUT2D eigenvalue weighted by Crippen LogP contribution is 2.25. The molecule has 0 saturated carbocycles. The molecule has 0 aliphatic carbocycles. The lowest BCUT2D eigenvalue weighted by atomic mass is 10.0. The Morgan fingerprint density at radius 3 is 2.35 bits per heavy atom. The third-order valence-corrected chi connectivity index (χ3v) is 4.97. The van der Waals surface area contributed by atoms with Crippen LogP contribution in [0.3, 0.4) is 0 Å². The first-order chi connectivity index (χ1) is 12.4. The van der Waals surface area contributed by atoms with Crippen LogP contribution in [0.25, 0.3) is 0 Å². The Morgan fingerprint density at radius 2 is 1.77 bits per heavy atom. The minimum atomic E-state index is -0.689. The van der Waals surface area contributed by atoms with Crippen molar-refractivity contribution in [2.24, 2.45) is 0 Å². The molecular formula is C21H25FN2O2. The van der Waals surface area contributed by atoms with Gasteiger partial charge in [-0.15, -0.1) is 0 Å². The van der Waals surface area contributed by atoms with E-state index in [1.165, 1.54) is 6.07 Å². The van der Waals surface area contributed by atoms with Crippen LogP contribution in [0.15, 0.2) is 36.4 Å². The molecule has 138 valence electrons. The van der Waals surface area contributed by atoms with E-state index in [1.807, 2.05) is 41.8 Å². The van der Waals surface area contributed by atoms with Crippen molar-refractivity contribution in [1.82, 2.24) is 4.90 Å². The van der Waals surface area contributed by atoms with Gasteiger partial charge in [-0.05, 0) is 50.1 Å². The van der Waals surface area contributed by atoms with Crippen LogP contribution in [0, 0.1) is 19.7 Å². The van der Waals surface area contributed by atoms with E-state index in [-0.39, 0.29) is 11.7 Å². The minimum absolute atomic E-state index is 0.0343. The summed E-state index contributed by atoms with van der Waals surface area (Å²) < 4.78 is 14.4. The molecule has 4 nitrogen and oxygen atoms in total. The fraction of sp³-hybridized carbons (Fsp3) is 0.381. The van der Waals surface area contributed by atoms with Crippen LogP contribution >= 0.6 is 0 Å². The lowest BCUT2D eigenvalue weighted by Crippen LogP contribution is -2.49. The maximum atomic E-state index is 14.4. The molecule has 0 unspecified atom stereocenters. The number of aliphatic hydroxyl groups is 1. The van der Waals surface area contributed by atoms with Crippen molar-refractivity contribution in [3.8, 4) is 0 Å². The standard InChI is InChI=1S/C21H25FN2O2/c1-14-4-6-18(15(2)12-14)21(26)24-10-8-23(9-11-24)20-7-5-17(16(3)25)13-19(20)22/h4-7,12-13,16,25H,8-11H2,1-3H3/t16-/m1/s1. The normalized spacial score (nSPS) is 15.9. The second-order valence-electron chi connectivity index (χ2n) is 6.98. The Bertz CT molecular complexity index is 812. The lowest BCUT2D eigenvalue weighted by molar-refractivity contribution is 0.0746. The van der Waals surface area contributed by atoms with Crippen LogP contribution in [-0.2, 0) is 0 Å². The number of amides is 1. The second-order valence-corrected chi connectivity index (χ2v) is 6.98. The van der Waals surface area contributed by atoms with E-state index in [1.54, 1.807) is 19.1 Å². The number of carbonyl (C=O) groups is 1. The minimum Gasteiger partial charge on any atom is -0.389 e. The van der Waals surface area contributed by atoms with Gasteiger partial charge >= 0.3 is 0 Å². The van der Waals surface area contributed by atoms with Gasteiger partial charge in [0.1, 0.15) is 5.82 Å². The molecule has 1 N–H and O–H groups in total. The third-order valence-electron chi connectivity index (χ3n) is 4.97. The summed E-state index contributed by atoms with van der Waals surface area (Å²) in [6, 6.07) is 10.7. The van der Waals surface area contributed by atoms with Crippen LogP contribution in [0.4, 0.5) is 10.1 Å². The number of hydrogen-bond acceptors (Lipinski definition) is 3. The molecule has 0 spiro atoms. The fourth-order valence-electron chi connectivity index (χ4n) is 3.41. The van der Waals surface area contributed by atoms with Crippen LogP contribution in [0.2, 0.25) is 0 Å². The van der Waals surface area contributed by atoms with Crippen molar-refractivity contribution < 1.29 is 14.3 Å². The number of rotatable bonds is 3. The number of hydrogen-bond donors (Lipinski definition) is 1. The van der Waals surface area contributed by atoms with E-state index in [4.69, 9.17) is 0 Å². The summed E-state index contributed by atoms with van der Waals surface area (Å²) in [6.07, 6.45) is -0.689. The maximum Gasteiger partial charge on any atom is 0.254 e. The number of carbonyl (C=O) groups excluding carboxylic acids is 1. The highest BCUT2D eigenvalue weighted by atomic mass is 19.1. The SMILES string of the molecule is Cc1ccc(C(=O)N2CCN(c3ccc([C@@H](C)O)cc3F)CC2)c(C)c1. The van der Waals surface area contributed by atoms with Crippen molar-refractivity contribution in [2.45, 2.75) is 26.9 Å². The van der Waals surface area contributed by atoms with Crippen molar-refractivity contribution in [2.75, 3.05) is 31.1 Å². The summed E-state index contributed by atoms with van der Waals surface area (Å²) in [6.45, 7) is 7.87. The molecule has 0 aromatic heterocycles. The molecule has 3 rings (SSSR count). The Kier molecular flexibility index (Phi) is 5.28. The van der Waals surface area contributed by atoms with Crippen molar-refractivity contribution in [1.29, 1.82) is 0 Å². The number of aryl methyl sites for hydroxylation is 2. The van der Waals surface area contributed by atoms with Crippen molar-refractivity contribution in [3.05, 3.63) is 64.5 Å². The van der Waals surface area contributed by atoms with Gasteiger partial charge < -0.3 is 14.9 Å². The number of aliphatic hydroxyl groups excluding tert-OH is 1. The van der Waals surface area contributed by atoms with Crippen molar-refractivity contribution in [3.63, 3.8) is 0 Å². The van der Waals surface area contributed by atoms with E-state index in [2.05, 4.69) is 0 Å². The zero-order valence-corrected chi connectivity index (χ0v) is 15.5. The third kappa shape index (κ3) is 3.73. The van der Waals surface area contributed by atoms with Crippen molar-refractivity contribution >= 4 is 11.6 Å². The monoisotopic (exact) mass is 356 g/mol. The number of nitrogens with zero attached hydrogens (tertiary/aromatic N) is 2. The molecule has 5 heteroatoms. The molecule has 26 heavy (non-hydrogen) atoms. The number of benzene rings is 2. The molecule has 1 atom stereocenters. The smallest absolute Gasteiger partial charge is 0.254 e. The van der Waals surface area contributed by atoms with Gasteiger partial charge in [0, 0.05) is 31.7 Å². The Morgan fingerprint density at radius 1 is 1.08 bits per heavy atom. The zero-order chi connectivity index (χ0) is 18.8. The summed E-state index contributed by atoms with van der Waals surface area (Å²) in [7, 11) is 0. The van der Waals surface area contributed by atoms with Gasteiger partial charge in [-0.2, -0.15) is 0 Å². The molecule has 1 saturated heterocycles. The average Bonchev–Trinajstić information content (AvgIpc) is 2.61. The Balaban J connectivity index is 1.68. The van der Waals surface area contributed by atoms with E-state index in [0.717, 1.165) is 16.7 Å². The fourth-order valence-corrected chi connectivity index (χ4v) is 3.41. The molecule has 2 aromatic carbocycles. The molecule has 1 amide bonds. The van der Waals surface area contributed by atoms with Gasteiger partial charge in [0.05, 0.1) is 11.8 Å². The quantitative estimate of drug-likeness (QED) is 0.916. The van der Waals surface area contributed by atoms with E-state index in [9.17, 15) is 14.3 Å². The van der Waals surface area contributed by atoms with Gasteiger partial charge in [-0.25, -0.2) is 4.39 Å². The van der Waals surface area contributed by atoms with E-state index >= 15 is 0 Å². The van der Waals surface area contributed by atoms with Gasteiger partial charge in [-0.3, -0.25) is 4.79 Å². The molecule has 1 aliphatic rings. The maximum absolute atomic E-state index is 14.4. The highest BCUT2D eigenvalue weighted by Gasteiger charge is 2.24. The van der Waals surface area contributed by atoms with Gasteiger partial charge in [0.25, 0.3) is 5.91 Å². The lowest BCUT2D eigenvalue weighted by Gasteiger charge is -2.36. The summed E-state index contributed by atoms with van der Waals surface area (Å²) >= 11 is 0. The first-order valence-electron chi connectivity index (χ1n) is 8.96. The van der Waals surface area contributed by atoms with Gasteiger partial charge in [-0.1, -0.05) is 23.8 Å². The zero-order valence-electron chi connectivity index (χ0n) is 15.5. The van der Waals surface area contributed by atoms with E-state index in [0.29, 0.717) is 37.4 Å². The molecule has 0 bridgehead atoms. The predicted octanol–water partition coefficient (Wildman–Crippen LogP) is 3.46. The first kappa shape index (κ1) is 18.4. The number of piperazine rings is 1. The second kappa shape index (κ2) is 7.46. The number of anilines is 1. The average molecular weight is 356 g/mol. The van der Waals surface area contributed by atoms with Crippen LogP contribution in [0.5, 0.6) is 0 Å². The van der Waals surface area contributed by atoms with Crippen LogP contribution < -0.4 is 4.90 Å². The summed E-state index contributed by atoms with van der Waals surface area (Å²) in [5.41, 5.74) is 3.94. The molecule has 0 radical (unpaired) electrons. The summed E-state index contributed by atoms with van der Waals surface area (Å²) in [5, 5.41) is 9.57. The molecule has 1 aliphatic heterocycles. The highest BCUT2D eigenvalue weighted by molar-refractivity contribution is 5.95. The summed E-state index contributed by atoms with van der Waals surface area (Å²) in [5.74, 6) is -0.301. The Hall–Kier alpha value is -2.40. The summed E-state index contributed by atoms with van der Waals surface area (Å²) in [4.78, 5) is 16.5. The van der Waals surface area contributed by atoms with Gasteiger partial charge in [0.2, 0.25) is 0 Å². The number of halogens is 1. The molecule has 2 aromatic rings. The van der Waals surface area contributed by atoms with Crippen LogP contribution in [0.1, 0.15) is 40.1 Å². The topological polar surface area (TPSA) is 43.8 Å².